The second kappa shape index (κ2) is 17.2. The van der Waals surface area contributed by atoms with Crippen molar-refractivity contribution in [3.05, 3.63) is 64.8 Å². The van der Waals surface area contributed by atoms with E-state index in [-0.39, 0.29) is 30.4 Å². The van der Waals surface area contributed by atoms with Crippen molar-refractivity contribution in [2.24, 2.45) is 11.7 Å². The highest BCUT2D eigenvalue weighted by molar-refractivity contribution is 6.23. The van der Waals surface area contributed by atoms with Crippen molar-refractivity contribution < 1.29 is 29.1 Å². The van der Waals surface area contributed by atoms with Gasteiger partial charge in [-0.05, 0) is 119 Å². The molecule has 6 saturated heterocycles. The fourth-order valence-electron chi connectivity index (χ4n) is 11.2. The molecule has 2 aromatic carbocycles. The number of piperidine rings is 4. The number of hydrogen-bond donors (Lipinski definition) is 4. The van der Waals surface area contributed by atoms with E-state index in [4.69, 9.17) is 10.7 Å². The zero-order chi connectivity index (χ0) is 43.4. The van der Waals surface area contributed by atoms with Crippen LogP contribution < -0.4 is 26.2 Å². The lowest BCUT2D eigenvalue weighted by Gasteiger charge is -2.39. The highest BCUT2D eigenvalue weighted by atomic mass is 16.3. The number of rotatable bonds is 10. The van der Waals surface area contributed by atoms with Gasteiger partial charge in [-0.25, -0.2) is 0 Å². The Kier molecular flexibility index (Phi) is 11.3. The number of nitrogens with two attached hydrogens (primary N) is 1. The predicted molar refractivity (Wildman–Crippen MR) is 232 cm³/mol. The molecular weight excluding hydrogens is 805 g/mol. The molecule has 18 heteroatoms. The fraction of sp³-hybridized carbons (Fsp3) is 0.556. The van der Waals surface area contributed by atoms with Crippen LogP contribution in [0.3, 0.4) is 0 Å². The molecule has 0 saturated carbocycles. The first kappa shape index (κ1) is 41.5. The smallest absolute Gasteiger partial charge is 0.273 e. The maximum absolute atomic E-state index is 13.4. The highest BCUT2D eigenvalue weighted by Crippen LogP contribution is 2.36. The summed E-state index contributed by atoms with van der Waals surface area (Å²) in [5.41, 5.74) is 9.29. The quantitative estimate of drug-likeness (QED) is 0.215. The molecule has 332 valence electrons. The molecular formula is C45H56N12O6. The SMILES string of the molecule is NC(=O)c1nnc(N2CCCC(N3CC4CCCN4C3O)C2)nc1Nc1ccc(C2CCN(CC3CCN(c4ccc5c(c4)C(=O)N(C4CCC(=O)NC4=O)C5=O)CC3)CC2)cc1. The van der Waals surface area contributed by atoms with Crippen LogP contribution in [-0.2, 0) is 9.59 Å². The summed E-state index contributed by atoms with van der Waals surface area (Å²) in [4.78, 5) is 80.2. The number of fused-ring (bicyclic) bond motifs is 2. The molecule has 4 unspecified atom stereocenters. The topological polar surface area (TPSA) is 214 Å². The predicted octanol–water partition coefficient (Wildman–Crippen LogP) is 2.24. The van der Waals surface area contributed by atoms with E-state index in [9.17, 15) is 29.1 Å². The molecule has 8 heterocycles. The minimum absolute atomic E-state index is 0.0116. The van der Waals surface area contributed by atoms with Crippen molar-refractivity contribution in [3.63, 3.8) is 0 Å². The third-order valence-corrected chi connectivity index (χ3v) is 14.6. The number of primary amides is 1. The van der Waals surface area contributed by atoms with Crippen LogP contribution in [-0.4, -0.2) is 153 Å². The zero-order valence-electron chi connectivity index (χ0n) is 35.5. The van der Waals surface area contributed by atoms with E-state index in [2.05, 4.69) is 57.5 Å². The van der Waals surface area contributed by atoms with Crippen LogP contribution in [0.5, 0.6) is 0 Å². The highest BCUT2D eigenvalue weighted by Gasteiger charge is 2.46. The summed E-state index contributed by atoms with van der Waals surface area (Å²) in [6.45, 7) is 8.06. The van der Waals surface area contributed by atoms with Gasteiger partial charge in [0.1, 0.15) is 6.04 Å². The van der Waals surface area contributed by atoms with Gasteiger partial charge in [-0.1, -0.05) is 12.1 Å². The molecule has 7 aliphatic rings. The largest absolute Gasteiger partial charge is 0.371 e. The van der Waals surface area contributed by atoms with Gasteiger partial charge in [-0.2, -0.15) is 4.98 Å². The van der Waals surface area contributed by atoms with E-state index in [1.807, 2.05) is 18.2 Å². The number of aromatic nitrogens is 3. The molecule has 0 spiro atoms. The first-order valence-corrected chi connectivity index (χ1v) is 22.8. The third kappa shape index (κ3) is 8.13. The van der Waals surface area contributed by atoms with Crippen LogP contribution in [0.15, 0.2) is 42.5 Å². The lowest BCUT2D eigenvalue weighted by molar-refractivity contribution is -0.136. The Morgan fingerprint density at radius 2 is 1.51 bits per heavy atom. The number of nitrogens with zero attached hydrogens (tertiary/aromatic N) is 9. The monoisotopic (exact) mass is 860 g/mol. The summed E-state index contributed by atoms with van der Waals surface area (Å²) in [5, 5.41) is 25.1. The summed E-state index contributed by atoms with van der Waals surface area (Å²) < 4.78 is 0. The molecule has 0 bridgehead atoms. The van der Waals surface area contributed by atoms with Crippen molar-refractivity contribution in [2.45, 2.75) is 94.6 Å². The first-order valence-electron chi connectivity index (χ1n) is 22.8. The minimum atomic E-state index is -0.972. The molecule has 5 amide bonds. The molecule has 10 rings (SSSR count). The summed E-state index contributed by atoms with van der Waals surface area (Å²) in [6.07, 6.45) is 8.06. The Bertz CT molecular complexity index is 2280. The van der Waals surface area contributed by atoms with Gasteiger partial charge in [0.05, 0.1) is 11.1 Å². The molecule has 0 aliphatic carbocycles. The zero-order valence-corrected chi connectivity index (χ0v) is 35.5. The molecule has 4 atom stereocenters. The van der Waals surface area contributed by atoms with Crippen LogP contribution in [0.1, 0.15) is 107 Å². The van der Waals surface area contributed by atoms with Gasteiger partial charge in [-0.3, -0.25) is 44.0 Å². The summed E-state index contributed by atoms with van der Waals surface area (Å²) >= 11 is 0. The summed E-state index contributed by atoms with van der Waals surface area (Å²) in [5.74, 6) is -0.930. The number of amides is 5. The number of likely N-dealkylation sites (tertiary alicyclic amines) is 1. The molecule has 5 N–H and O–H groups in total. The van der Waals surface area contributed by atoms with Crippen LogP contribution in [0.25, 0.3) is 0 Å². The van der Waals surface area contributed by atoms with Crippen molar-refractivity contribution in [1.82, 2.24) is 40.1 Å². The lowest BCUT2D eigenvalue weighted by Crippen LogP contribution is -2.54. The average molecular weight is 861 g/mol. The molecule has 3 aromatic rings. The van der Waals surface area contributed by atoms with Gasteiger partial charge in [0.25, 0.3) is 17.7 Å². The Morgan fingerprint density at radius 1 is 0.778 bits per heavy atom. The van der Waals surface area contributed by atoms with Crippen LogP contribution >= 0.6 is 0 Å². The molecule has 7 aliphatic heterocycles. The number of carbonyl (C=O) groups excluding carboxylic acids is 5. The van der Waals surface area contributed by atoms with E-state index in [0.29, 0.717) is 41.5 Å². The van der Waals surface area contributed by atoms with E-state index >= 15 is 0 Å². The first-order chi connectivity index (χ1) is 30.6. The average Bonchev–Trinajstić information content (AvgIpc) is 3.96. The van der Waals surface area contributed by atoms with Gasteiger partial charge in [0.15, 0.2) is 17.9 Å². The van der Waals surface area contributed by atoms with Gasteiger partial charge in [0.2, 0.25) is 17.8 Å². The number of nitrogens with one attached hydrogen (secondary N) is 2. The molecule has 6 fully saturated rings. The van der Waals surface area contributed by atoms with Gasteiger partial charge in [0, 0.05) is 75.7 Å². The number of aliphatic hydroxyl groups excluding tert-OH is 1. The molecule has 18 nitrogen and oxygen atoms in total. The number of carbonyl (C=O) groups is 5. The maximum Gasteiger partial charge on any atom is 0.273 e. The van der Waals surface area contributed by atoms with Gasteiger partial charge >= 0.3 is 0 Å². The minimum Gasteiger partial charge on any atom is -0.371 e. The number of hydrogen-bond acceptors (Lipinski definition) is 15. The lowest BCUT2D eigenvalue weighted by atomic mass is 9.88. The van der Waals surface area contributed by atoms with Crippen molar-refractivity contribution in [3.8, 4) is 0 Å². The normalized spacial score (nSPS) is 26.7. The number of benzene rings is 2. The molecule has 63 heavy (non-hydrogen) atoms. The summed E-state index contributed by atoms with van der Waals surface area (Å²) in [7, 11) is 0. The van der Waals surface area contributed by atoms with E-state index in [0.717, 1.165) is 120 Å². The van der Waals surface area contributed by atoms with E-state index < -0.39 is 41.9 Å². The second-order valence-corrected chi connectivity index (χ2v) is 18.4. The maximum atomic E-state index is 13.4. The van der Waals surface area contributed by atoms with Crippen LogP contribution in [0, 0.1) is 5.92 Å². The van der Waals surface area contributed by atoms with Crippen molar-refractivity contribution in [2.75, 3.05) is 74.0 Å². The van der Waals surface area contributed by atoms with Crippen molar-refractivity contribution >= 4 is 52.7 Å². The molecule has 1 aromatic heterocycles. The van der Waals surface area contributed by atoms with Gasteiger partial charge < -0.3 is 30.9 Å². The third-order valence-electron chi connectivity index (χ3n) is 14.6. The molecule has 0 radical (unpaired) electrons. The fourth-order valence-corrected chi connectivity index (χ4v) is 11.2. The standard InChI is InChI=1S/C45H56N12O6/c46-39(59)38-40(49-44(51-50-38)54-17-1-3-32(25-54)56-26-33-4-2-18-55(33)45(56)63)47-30-7-5-28(6-8-30)29-15-19-52(20-16-29)24-27-13-21-53(22-14-27)31-9-10-34-35(23-31)43(62)57(42(34)61)36-11-12-37(58)48-41(36)60/h5-10,23,27,29,32-33,36,45,63H,1-4,11-22,24-26H2,(H2,46,59)(H,47,49,51)(H,48,58,60). The number of imide groups is 2. The van der Waals surface area contributed by atoms with Crippen LogP contribution in [0.2, 0.25) is 0 Å². The number of aliphatic hydroxyl groups is 1. The Morgan fingerprint density at radius 3 is 2.24 bits per heavy atom. The van der Waals surface area contributed by atoms with E-state index in [1.54, 1.807) is 12.1 Å². The number of anilines is 4. The Balaban J connectivity index is 0.702. The summed E-state index contributed by atoms with van der Waals surface area (Å²) in [6, 6.07) is 13.3. The van der Waals surface area contributed by atoms with E-state index in [1.165, 1.54) is 5.56 Å². The Labute approximate surface area is 366 Å². The second-order valence-electron chi connectivity index (χ2n) is 18.4. The van der Waals surface area contributed by atoms with Crippen LogP contribution in [0.4, 0.5) is 23.1 Å². The Hall–Kier alpha value is -5.56. The van der Waals surface area contributed by atoms with Gasteiger partial charge in [-0.15, -0.1) is 10.2 Å². The van der Waals surface area contributed by atoms with Crippen molar-refractivity contribution in [1.29, 1.82) is 0 Å².